The third-order valence-electron chi connectivity index (χ3n) is 2.33. The third-order valence-corrected chi connectivity index (χ3v) is 2.33. The van der Waals surface area contributed by atoms with Crippen molar-refractivity contribution in [3.05, 3.63) is 59.2 Å². The smallest absolute Gasteiger partial charge is 0.140 e. The van der Waals surface area contributed by atoms with Gasteiger partial charge in [-0.3, -0.25) is 0 Å². The lowest BCUT2D eigenvalue weighted by atomic mass is 10.1. The zero-order chi connectivity index (χ0) is 13.0. The normalized spacial score (nSPS) is 9.78. The van der Waals surface area contributed by atoms with E-state index in [1.54, 1.807) is 36.4 Å². The van der Waals surface area contributed by atoms with E-state index in [0.29, 0.717) is 11.4 Å². The zero-order valence-electron chi connectivity index (χ0n) is 9.28. The van der Waals surface area contributed by atoms with Gasteiger partial charge in [-0.15, -0.1) is 0 Å². The summed E-state index contributed by atoms with van der Waals surface area (Å²) < 4.78 is 0. The highest BCUT2D eigenvalue weighted by molar-refractivity contribution is 5.29. The van der Waals surface area contributed by atoms with Crippen molar-refractivity contribution in [2.45, 2.75) is 6.10 Å². The highest BCUT2D eigenvalue weighted by Crippen LogP contribution is 2.18. The second-order valence-electron chi connectivity index (χ2n) is 3.52. The Bertz CT molecular complexity index is 597. The Kier molecular flexibility index (Phi) is 3.29. The predicted molar refractivity (Wildman–Crippen MR) is 62.0 cm³/mol. The molecular formula is C13H8N4O. The van der Waals surface area contributed by atoms with Gasteiger partial charge in [0.2, 0.25) is 0 Å². The second kappa shape index (κ2) is 5.05. The Hall–Kier alpha value is -2.76. The van der Waals surface area contributed by atoms with E-state index in [0.717, 1.165) is 0 Å². The number of aliphatic hydroxyl groups excluding tert-OH is 1. The highest BCUT2D eigenvalue weighted by Gasteiger charge is 2.14. The van der Waals surface area contributed by atoms with Gasteiger partial charge in [0, 0.05) is 0 Å². The van der Waals surface area contributed by atoms with Crippen molar-refractivity contribution >= 4 is 0 Å². The molecule has 5 nitrogen and oxygen atoms in total. The molecule has 0 aliphatic heterocycles. The van der Waals surface area contributed by atoms with Gasteiger partial charge in [-0.25, -0.2) is 9.97 Å². The van der Waals surface area contributed by atoms with Crippen LogP contribution in [0.1, 0.15) is 28.9 Å². The van der Waals surface area contributed by atoms with E-state index in [1.165, 1.54) is 0 Å². The fraction of sp³-hybridized carbons (Fsp3) is 0.0769. The zero-order valence-corrected chi connectivity index (χ0v) is 9.28. The lowest BCUT2D eigenvalue weighted by Crippen LogP contribution is -2.06. The molecule has 2 heterocycles. The van der Waals surface area contributed by atoms with E-state index in [2.05, 4.69) is 9.97 Å². The van der Waals surface area contributed by atoms with Crippen LogP contribution in [0.25, 0.3) is 0 Å². The molecule has 0 aromatic carbocycles. The molecule has 5 heteroatoms. The molecule has 2 aromatic rings. The van der Waals surface area contributed by atoms with Gasteiger partial charge in [-0.05, 0) is 24.3 Å². The van der Waals surface area contributed by atoms with Crippen molar-refractivity contribution < 1.29 is 5.11 Å². The molecule has 0 fully saturated rings. The van der Waals surface area contributed by atoms with Crippen molar-refractivity contribution in [3.63, 3.8) is 0 Å². The summed E-state index contributed by atoms with van der Waals surface area (Å²) in [6.07, 6.45) is -1.05. The van der Waals surface area contributed by atoms with E-state index in [-0.39, 0.29) is 11.4 Å². The Balaban J connectivity index is 2.38. The molecular weight excluding hydrogens is 228 g/mol. The van der Waals surface area contributed by atoms with Gasteiger partial charge in [0.15, 0.2) is 0 Å². The summed E-state index contributed by atoms with van der Waals surface area (Å²) in [5.41, 5.74) is 1.11. The summed E-state index contributed by atoms with van der Waals surface area (Å²) in [5.74, 6) is 0. The average molecular weight is 236 g/mol. The van der Waals surface area contributed by atoms with Gasteiger partial charge in [0.05, 0.1) is 11.4 Å². The lowest BCUT2D eigenvalue weighted by Gasteiger charge is -2.09. The molecule has 86 valence electrons. The average Bonchev–Trinajstić information content (AvgIpc) is 2.46. The number of aliphatic hydroxyl groups is 1. The molecule has 0 saturated carbocycles. The van der Waals surface area contributed by atoms with E-state index in [1.807, 2.05) is 12.1 Å². The van der Waals surface area contributed by atoms with Crippen LogP contribution in [0.4, 0.5) is 0 Å². The molecule has 0 aliphatic rings. The van der Waals surface area contributed by atoms with Crippen molar-refractivity contribution in [1.82, 2.24) is 9.97 Å². The maximum atomic E-state index is 10.1. The molecule has 18 heavy (non-hydrogen) atoms. The summed E-state index contributed by atoms with van der Waals surface area (Å²) in [6, 6.07) is 13.4. The Morgan fingerprint density at radius 3 is 1.72 bits per heavy atom. The monoisotopic (exact) mass is 236 g/mol. The minimum absolute atomic E-state index is 0.225. The van der Waals surface area contributed by atoms with Crippen LogP contribution in [0.2, 0.25) is 0 Å². The summed E-state index contributed by atoms with van der Waals surface area (Å²) >= 11 is 0. The molecule has 1 N–H and O–H groups in total. The number of nitrogens with zero attached hydrogens (tertiary/aromatic N) is 4. The second-order valence-corrected chi connectivity index (χ2v) is 3.52. The molecule has 0 unspecified atom stereocenters. The highest BCUT2D eigenvalue weighted by atomic mass is 16.3. The molecule has 0 bridgehead atoms. The van der Waals surface area contributed by atoms with E-state index in [4.69, 9.17) is 10.5 Å². The summed E-state index contributed by atoms with van der Waals surface area (Å²) in [4.78, 5) is 7.98. The van der Waals surface area contributed by atoms with Crippen LogP contribution in [0.15, 0.2) is 36.4 Å². The Morgan fingerprint density at radius 2 is 1.33 bits per heavy atom. The molecule has 0 amide bonds. The van der Waals surface area contributed by atoms with Gasteiger partial charge in [0.25, 0.3) is 0 Å². The first-order valence-electron chi connectivity index (χ1n) is 5.17. The van der Waals surface area contributed by atoms with E-state index in [9.17, 15) is 5.11 Å². The maximum Gasteiger partial charge on any atom is 0.140 e. The molecule has 2 aromatic heterocycles. The minimum atomic E-state index is -1.05. The van der Waals surface area contributed by atoms with Gasteiger partial charge >= 0.3 is 0 Å². The maximum absolute atomic E-state index is 10.1. The van der Waals surface area contributed by atoms with Crippen LogP contribution in [0.5, 0.6) is 0 Å². The van der Waals surface area contributed by atoms with Crippen molar-refractivity contribution in [2.75, 3.05) is 0 Å². The molecule has 0 atom stereocenters. The van der Waals surface area contributed by atoms with Crippen LogP contribution >= 0.6 is 0 Å². The quantitative estimate of drug-likeness (QED) is 0.848. The topological polar surface area (TPSA) is 93.6 Å². The fourth-order valence-electron chi connectivity index (χ4n) is 1.48. The molecule has 0 saturated heterocycles. The first-order chi connectivity index (χ1) is 8.74. The number of pyridine rings is 2. The number of rotatable bonds is 2. The summed E-state index contributed by atoms with van der Waals surface area (Å²) in [6.45, 7) is 0. The largest absolute Gasteiger partial charge is 0.380 e. The van der Waals surface area contributed by atoms with E-state index < -0.39 is 6.10 Å². The molecule has 0 spiro atoms. The fourth-order valence-corrected chi connectivity index (χ4v) is 1.48. The van der Waals surface area contributed by atoms with Crippen LogP contribution in [-0.4, -0.2) is 15.1 Å². The number of nitriles is 2. The van der Waals surface area contributed by atoms with Crippen molar-refractivity contribution in [2.24, 2.45) is 0 Å². The first-order valence-corrected chi connectivity index (χ1v) is 5.17. The van der Waals surface area contributed by atoms with E-state index >= 15 is 0 Å². The van der Waals surface area contributed by atoms with Gasteiger partial charge < -0.3 is 5.11 Å². The lowest BCUT2D eigenvalue weighted by molar-refractivity contribution is 0.210. The Morgan fingerprint density at radius 1 is 0.889 bits per heavy atom. The first kappa shape index (κ1) is 11.7. The predicted octanol–water partition coefficient (Wildman–Crippen LogP) is 1.30. The molecule has 0 radical (unpaired) electrons. The standard InChI is InChI=1S/C13H8N4O/c14-7-9-3-1-5-11(16-9)13(18)12-6-2-4-10(8-15)17-12/h1-6,13,18H. The number of hydrogen-bond donors (Lipinski definition) is 1. The SMILES string of the molecule is N#Cc1cccc(C(O)c2cccc(C#N)n2)n1. The van der Waals surface area contributed by atoms with Crippen LogP contribution < -0.4 is 0 Å². The third kappa shape index (κ3) is 2.32. The Labute approximate surface area is 104 Å². The number of hydrogen-bond acceptors (Lipinski definition) is 5. The minimum Gasteiger partial charge on any atom is -0.380 e. The van der Waals surface area contributed by atoms with Crippen LogP contribution in [0.3, 0.4) is 0 Å². The van der Waals surface area contributed by atoms with Gasteiger partial charge in [0.1, 0.15) is 29.6 Å². The summed E-state index contributed by atoms with van der Waals surface area (Å²) in [5, 5.41) is 27.6. The van der Waals surface area contributed by atoms with Crippen LogP contribution in [0, 0.1) is 22.7 Å². The van der Waals surface area contributed by atoms with Crippen LogP contribution in [-0.2, 0) is 0 Å². The summed E-state index contributed by atoms with van der Waals surface area (Å²) in [7, 11) is 0. The van der Waals surface area contributed by atoms with Gasteiger partial charge in [-0.2, -0.15) is 10.5 Å². The van der Waals surface area contributed by atoms with Gasteiger partial charge in [-0.1, -0.05) is 12.1 Å². The number of aromatic nitrogens is 2. The molecule has 2 rings (SSSR count). The van der Waals surface area contributed by atoms with Crippen molar-refractivity contribution in [1.29, 1.82) is 10.5 Å². The molecule has 0 aliphatic carbocycles. The van der Waals surface area contributed by atoms with Crippen molar-refractivity contribution in [3.8, 4) is 12.1 Å².